The average Bonchev–Trinajstić information content (AvgIpc) is 2.60. The molecule has 0 bridgehead atoms. The Morgan fingerprint density at radius 1 is 1.00 bits per heavy atom. The Morgan fingerprint density at radius 2 is 1.64 bits per heavy atom. The number of hydrogen-bond donors (Lipinski definition) is 2. The summed E-state index contributed by atoms with van der Waals surface area (Å²) in [5, 5.41) is 4.98. The third-order valence-electron chi connectivity index (χ3n) is 3.67. The predicted octanol–water partition coefficient (Wildman–Crippen LogP) is 2.00. The predicted molar refractivity (Wildman–Crippen MR) is 88.4 cm³/mol. The summed E-state index contributed by atoms with van der Waals surface area (Å²) in [4.78, 5) is 36.2. The molecule has 1 aromatic heterocycles. The molecule has 0 radical (unpaired) electrons. The zero-order valence-electron chi connectivity index (χ0n) is 12.9. The van der Waals surface area contributed by atoms with Crippen LogP contribution in [-0.4, -0.2) is 15.7 Å². The first-order chi connectivity index (χ1) is 12.0. The number of aryl methyl sites for hydroxylation is 1. The summed E-state index contributed by atoms with van der Waals surface area (Å²) >= 11 is 0. The number of fused-ring (bicyclic) bond motifs is 1. The minimum Gasteiger partial charge on any atom is -0.321 e. The molecule has 0 aliphatic heterocycles. The zero-order chi connectivity index (χ0) is 18.0. The molecule has 3 rings (SSSR count). The number of nitrogens with one attached hydrogen (secondary N) is 2. The maximum atomic E-state index is 13.5. The molecule has 25 heavy (non-hydrogen) atoms. The fourth-order valence-electron chi connectivity index (χ4n) is 2.44. The van der Waals surface area contributed by atoms with Crippen LogP contribution in [0.4, 0.5) is 14.5 Å². The molecule has 0 fully saturated rings. The van der Waals surface area contributed by atoms with Gasteiger partial charge in [0.1, 0.15) is 17.3 Å². The molecular formula is C17H13F2N3O3. The average molecular weight is 345 g/mol. The van der Waals surface area contributed by atoms with E-state index >= 15 is 0 Å². The third-order valence-corrected chi connectivity index (χ3v) is 3.67. The molecule has 0 saturated carbocycles. The number of amides is 1. The van der Waals surface area contributed by atoms with Crippen LogP contribution < -0.4 is 16.4 Å². The van der Waals surface area contributed by atoms with Gasteiger partial charge in [0.05, 0.1) is 17.3 Å². The van der Waals surface area contributed by atoms with Gasteiger partial charge in [0.15, 0.2) is 0 Å². The van der Waals surface area contributed by atoms with E-state index in [1.807, 2.05) is 0 Å². The molecule has 2 N–H and O–H groups in total. The lowest BCUT2D eigenvalue weighted by Crippen LogP contribution is -2.31. The monoisotopic (exact) mass is 345 g/mol. The number of carbonyl (C=O) groups excluding carboxylic acids is 1. The second kappa shape index (κ2) is 6.68. The standard InChI is InChI=1S/C17H13F2N3O3/c18-12-6-3-7-13(19)15(12)20-14(23)8-9-22-17(25)11-5-2-1-4-10(11)16(24)21-22/h1-7H,8-9H2,(H,20,23)(H,21,24). The topological polar surface area (TPSA) is 84.0 Å². The van der Waals surface area contributed by atoms with Crippen molar-refractivity contribution in [2.45, 2.75) is 13.0 Å². The molecule has 1 heterocycles. The highest BCUT2D eigenvalue weighted by molar-refractivity contribution is 5.90. The molecule has 0 atom stereocenters. The number of H-pyrrole nitrogens is 1. The Balaban J connectivity index is 1.79. The van der Waals surface area contributed by atoms with E-state index in [4.69, 9.17) is 0 Å². The fourth-order valence-corrected chi connectivity index (χ4v) is 2.44. The Morgan fingerprint density at radius 3 is 2.32 bits per heavy atom. The van der Waals surface area contributed by atoms with Crippen molar-refractivity contribution in [3.63, 3.8) is 0 Å². The number of nitrogens with zero attached hydrogens (tertiary/aromatic N) is 1. The molecule has 3 aromatic rings. The molecule has 128 valence electrons. The quantitative estimate of drug-likeness (QED) is 0.758. The zero-order valence-corrected chi connectivity index (χ0v) is 12.9. The first-order valence-electron chi connectivity index (χ1n) is 7.43. The normalized spacial score (nSPS) is 10.8. The molecule has 6 nitrogen and oxygen atoms in total. The van der Waals surface area contributed by atoms with E-state index in [0.29, 0.717) is 0 Å². The maximum absolute atomic E-state index is 13.5. The van der Waals surface area contributed by atoms with Gasteiger partial charge in [0.25, 0.3) is 11.1 Å². The van der Waals surface area contributed by atoms with Crippen LogP contribution >= 0.6 is 0 Å². The summed E-state index contributed by atoms with van der Waals surface area (Å²) in [5.74, 6) is -2.49. The van der Waals surface area contributed by atoms with Crippen LogP contribution in [0.1, 0.15) is 6.42 Å². The van der Waals surface area contributed by atoms with Crippen molar-refractivity contribution in [1.82, 2.24) is 9.78 Å². The van der Waals surface area contributed by atoms with Gasteiger partial charge in [-0.2, -0.15) is 0 Å². The van der Waals surface area contributed by atoms with Gasteiger partial charge in [-0.15, -0.1) is 0 Å². The fraction of sp³-hybridized carbons (Fsp3) is 0.118. The lowest BCUT2D eigenvalue weighted by atomic mass is 10.2. The first-order valence-corrected chi connectivity index (χ1v) is 7.43. The van der Waals surface area contributed by atoms with Crippen LogP contribution in [0, 0.1) is 11.6 Å². The van der Waals surface area contributed by atoms with Crippen molar-refractivity contribution in [3.8, 4) is 0 Å². The van der Waals surface area contributed by atoms with Crippen molar-refractivity contribution in [2.75, 3.05) is 5.32 Å². The molecule has 8 heteroatoms. The summed E-state index contributed by atoms with van der Waals surface area (Å²) < 4.78 is 28.0. The number of para-hydroxylation sites is 1. The molecule has 1 amide bonds. The van der Waals surface area contributed by atoms with Crippen LogP contribution in [0.3, 0.4) is 0 Å². The van der Waals surface area contributed by atoms with E-state index in [9.17, 15) is 23.2 Å². The van der Waals surface area contributed by atoms with Gasteiger partial charge in [-0.1, -0.05) is 18.2 Å². The number of aromatic nitrogens is 2. The molecule has 0 spiro atoms. The van der Waals surface area contributed by atoms with E-state index in [0.717, 1.165) is 16.8 Å². The third kappa shape index (κ3) is 3.32. The Hall–Kier alpha value is -3.29. The van der Waals surface area contributed by atoms with Crippen molar-refractivity contribution >= 4 is 22.4 Å². The minimum atomic E-state index is -0.898. The van der Waals surface area contributed by atoms with Gasteiger partial charge in [-0.05, 0) is 24.3 Å². The van der Waals surface area contributed by atoms with E-state index < -0.39 is 34.3 Å². The number of benzene rings is 2. The largest absolute Gasteiger partial charge is 0.321 e. The molecule has 0 unspecified atom stereocenters. The van der Waals surface area contributed by atoms with E-state index in [2.05, 4.69) is 10.4 Å². The number of hydrogen-bond acceptors (Lipinski definition) is 3. The summed E-state index contributed by atoms with van der Waals surface area (Å²) in [6.07, 6.45) is -0.248. The van der Waals surface area contributed by atoms with Crippen molar-refractivity contribution < 1.29 is 13.6 Å². The summed E-state index contributed by atoms with van der Waals surface area (Å²) in [6.45, 7) is -0.138. The van der Waals surface area contributed by atoms with Gasteiger partial charge in [-0.3, -0.25) is 19.5 Å². The van der Waals surface area contributed by atoms with Gasteiger partial charge in [-0.25, -0.2) is 13.5 Å². The molecule has 0 aliphatic carbocycles. The number of rotatable bonds is 4. The second-order valence-electron chi connectivity index (χ2n) is 5.34. The van der Waals surface area contributed by atoms with Crippen LogP contribution in [0.15, 0.2) is 52.1 Å². The lowest BCUT2D eigenvalue weighted by Gasteiger charge is -2.09. The highest BCUT2D eigenvalue weighted by Gasteiger charge is 2.13. The number of halogens is 2. The van der Waals surface area contributed by atoms with Crippen molar-refractivity contribution in [1.29, 1.82) is 0 Å². The van der Waals surface area contributed by atoms with Crippen molar-refractivity contribution in [3.05, 3.63) is 74.8 Å². The SMILES string of the molecule is O=C(CCn1[nH]c(=O)c2ccccc2c1=O)Nc1c(F)cccc1F. The highest BCUT2D eigenvalue weighted by Crippen LogP contribution is 2.18. The lowest BCUT2D eigenvalue weighted by molar-refractivity contribution is -0.116. The Labute approximate surface area is 139 Å². The molecular weight excluding hydrogens is 332 g/mol. The van der Waals surface area contributed by atoms with Gasteiger partial charge < -0.3 is 5.32 Å². The Kier molecular flexibility index (Phi) is 4.42. The Bertz CT molecular complexity index is 1050. The minimum absolute atomic E-state index is 0.138. The first kappa shape index (κ1) is 16.6. The number of aromatic amines is 1. The van der Waals surface area contributed by atoms with E-state index in [1.165, 1.54) is 18.2 Å². The van der Waals surface area contributed by atoms with Gasteiger partial charge >= 0.3 is 0 Å². The van der Waals surface area contributed by atoms with Gasteiger partial charge in [0, 0.05) is 6.42 Å². The van der Waals surface area contributed by atoms with E-state index in [-0.39, 0.29) is 23.7 Å². The summed E-state index contributed by atoms with van der Waals surface area (Å²) in [7, 11) is 0. The van der Waals surface area contributed by atoms with Crippen LogP contribution in [0.25, 0.3) is 10.8 Å². The smallest absolute Gasteiger partial charge is 0.273 e. The van der Waals surface area contributed by atoms with Crippen LogP contribution in [0.2, 0.25) is 0 Å². The van der Waals surface area contributed by atoms with Crippen LogP contribution in [0.5, 0.6) is 0 Å². The summed E-state index contributed by atoms with van der Waals surface area (Å²) in [6, 6.07) is 9.51. The number of carbonyl (C=O) groups is 1. The molecule has 2 aromatic carbocycles. The molecule has 0 aliphatic rings. The van der Waals surface area contributed by atoms with E-state index in [1.54, 1.807) is 12.1 Å². The maximum Gasteiger partial charge on any atom is 0.273 e. The van der Waals surface area contributed by atoms with Crippen LogP contribution in [-0.2, 0) is 11.3 Å². The number of anilines is 1. The van der Waals surface area contributed by atoms with Crippen molar-refractivity contribution in [2.24, 2.45) is 0 Å². The van der Waals surface area contributed by atoms with Gasteiger partial charge in [0.2, 0.25) is 5.91 Å². The summed E-state index contributed by atoms with van der Waals surface area (Å²) in [5.41, 5.74) is -1.47. The highest BCUT2D eigenvalue weighted by atomic mass is 19.1. The molecule has 0 saturated heterocycles. The second-order valence-corrected chi connectivity index (χ2v) is 5.34.